The zero-order valence-corrected chi connectivity index (χ0v) is 13.6. The normalized spacial score (nSPS) is 22.6. The molecule has 4 rings (SSSR count). The van der Waals surface area contributed by atoms with Gasteiger partial charge in [0, 0.05) is 29.5 Å². The molecule has 0 spiro atoms. The van der Waals surface area contributed by atoms with E-state index in [-0.39, 0.29) is 10.8 Å². The van der Waals surface area contributed by atoms with E-state index >= 15 is 0 Å². The van der Waals surface area contributed by atoms with Crippen LogP contribution < -0.4 is 4.90 Å². The average molecular weight is 321 g/mol. The molecule has 0 aromatic heterocycles. The molecule has 118 valence electrons. The molecule has 1 saturated heterocycles. The molecule has 1 aromatic carbocycles. The summed E-state index contributed by atoms with van der Waals surface area (Å²) >= 11 is 6.02. The predicted molar refractivity (Wildman–Crippen MR) is 88.3 cm³/mol. The van der Waals surface area contributed by atoms with Gasteiger partial charge in [-0.1, -0.05) is 24.4 Å². The Hall–Kier alpha value is -1.22. The monoisotopic (exact) mass is 320 g/mol. The van der Waals surface area contributed by atoms with Gasteiger partial charge in [-0.2, -0.15) is 0 Å². The minimum atomic E-state index is -0.336. The van der Waals surface area contributed by atoms with Crippen LogP contribution in [0.25, 0.3) is 0 Å². The molecule has 1 aliphatic carbocycles. The van der Waals surface area contributed by atoms with E-state index in [4.69, 9.17) is 11.6 Å². The molecule has 0 atom stereocenters. The lowest BCUT2D eigenvalue weighted by Crippen LogP contribution is -2.30. The third-order valence-corrected chi connectivity index (χ3v) is 5.62. The Morgan fingerprint density at radius 1 is 1.09 bits per heavy atom. The second-order valence-electron chi connectivity index (χ2n) is 6.70. The fourth-order valence-electron chi connectivity index (χ4n) is 4.27. The van der Waals surface area contributed by atoms with Crippen LogP contribution in [0.4, 0.5) is 10.1 Å². The average Bonchev–Trinajstić information content (AvgIpc) is 3.16. The third-order valence-electron chi connectivity index (χ3n) is 5.33. The molecule has 2 heterocycles. The first-order valence-corrected chi connectivity index (χ1v) is 8.82. The highest BCUT2D eigenvalue weighted by atomic mass is 35.5. The SMILES string of the molecule is Fc1ccc(N2CN3CCCCC3=C2C2CCCC2)cc1Cl. The third kappa shape index (κ3) is 2.40. The first-order valence-electron chi connectivity index (χ1n) is 8.44. The standard InChI is InChI=1S/C18H22ClFN2/c19-15-11-14(8-9-16(15)20)22-12-21-10-4-3-7-17(21)18(22)13-5-1-2-6-13/h8-9,11,13H,1-7,10,12H2. The Bertz CT molecular complexity index is 607. The van der Waals surface area contributed by atoms with E-state index in [9.17, 15) is 4.39 Å². The minimum absolute atomic E-state index is 0.221. The first kappa shape index (κ1) is 14.4. The molecule has 0 N–H and O–H groups in total. The Morgan fingerprint density at radius 2 is 1.91 bits per heavy atom. The fourth-order valence-corrected chi connectivity index (χ4v) is 4.44. The number of fused-ring (bicyclic) bond motifs is 1. The van der Waals surface area contributed by atoms with Crippen molar-refractivity contribution in [2.45, 2.75) is 44.9 Å². The summed E-state index contributed by atoms with van der Waals surface area (Å²) in [5.41, 5.74) is 4.08. The molecule has 0 bridgehead atoms. The van der Waals surface area contributed by atoms with Gasteiger partial charge in [0.25, 0.3) is 0 Å². The molecule has 3 aliphatic rings. The predicted octanol–water partition coefficient (Wildman–Crippen LogP) is 5.14. The molecule has 0 radical (unpaired) electrons. The Labute approximate surface area is 136 Å². The van der Waals surface area contributed by atoms with Gasteiger partial charge in [0.1, 0.15) is 5.82 Å². The van der Waals surface area contributed by atoms with Crippen LogP contribution in [-0.2, 0) is 0 Å². The van der Waals surface area contributed by atoms with E-state index < -0.39 is 0 Å². The number of allylic oxidation sites excluding steroid dienone is 2. The summed E-state index contributed by atoms with van der Waals surface area (Å²) in [6.45, 7) is 2.06. The highest BCUT2D eigenvalue weighted by molar-refractivity contribution is 6.31. The summed E-state index contributed by atoms with van der Waals surface area (Å²) in [6.07, 6.45) is 9.01. The van der Waals surface area contributed by atoms with Crippen molar-refractivity contribution in [3.05, 3.63) is 40.4 Å². The molecule has 1 aromatic rings. The maximum Gasteiger partial charge on any atom is 0.141 e. The molecule has 2 fully saturated rings. The van der Waals surface area contributed by atoms with Crippen molar-refractivity contribution in [3.63, 3.8) is 0 Å². The van der Waals surface area contributed by atoms with Gasteiger partial charge in [-0.25, -0.2) is 4.39 Å². The lowest BCUT2D eigenvalue weighted by Gasteiger charge is -2.27. The number of rotatable bonds is 2. The Kier molecular flexibility index (Phi) is 3.77. The summed E-state index contributed by atoms with van der Waals surface area (Å²) in [4.78, 5) is 4.91. The summed E-state index contributed by atoms with van der Waals surface area (Å²) in [6, 6.07) is 5.14. The molecule has 0 amide bonds. The molecule has 2 nitrogen and oxygen atoms in total. The van der Waals surface area contributed by atoms with Crippen molar-refractivity contribution < 1.29 is 4.39 Å². The lowest BCUT2D eigenvalue weighted by atomic mass is 9.97. The van der Waals surface area contributed by atoms with Crippen molar-refractivity contribution in [2.24, 2.45) is 5.92 Å². The van der Waals surface area contributed by atoms with Crippen LogP contribution in [0.2, 0.25) is 5.02 Å². The highest BCUT2D eigenvalue weighted by Crippen LogP contribution is 2.43. The van der Waals surface area contributed by atoms with E-state index in [0.29, 0.717) is 5.92 Å². The number of halogens is 2. The molecule has 2 aliphatic heterocycles. The summed E-state index contributed by atoms with van der Waals surface area (Å²) in [5, 5.41) is 0.221. The smallest absolute Gasteiger partial charge is 0.141 e. The quantitative estimate of drug-likeness (QED) is 0.744. The number of hydrogen-bond acceptors (Lipinski definition) is 2. The number of nitrogens with zero attached hydrogens (tertiary/aromatic N) is 2. The van der Waals surface area contributed by atoms with Gasteiger partial charge >= 0.3 is 0 Å². The second kappa shape index (κ2) is 5.77. The van der Waals surface area contributed by atoms with Crippen LogP contribution in [0, 0.1) is 11.7 Å². The van der Waals surface area contributed by atoms with E-state index in [2.05, 4.69) is 9.80 Å². The van der Waals surface area contributed by atoms with Crippen LogP contribution in [0.3, 0.4) is 0 Å². The number of piperidine rings is 1. The van der Waals surface area contributed by atoms with Crippen molar-refractivity contribution in [3.8, 4) is 0 Å². The zero-order chi connectivity index (χ0) is 15.1. The molecule has 22 heavy (non-hydrogen) atoms. The molecular weight excluding hydrogens is 299 g/mol. The van der Waals surface area contributed by atoms with Gasteiger partial charge in [0.2, 0.25) is 0 Å². The maximum absolute atomic E-state index is 13.5. The van der Waals surface area contributed by atoms with Crippen molar-refractivity contribution in [1.29, 1.82) is 0 Å². The topological polar surface area (TPSA) is 6.48 Å². The lowest BCUT2D eigenvalue weighted by molar-refractivity contribution is 0.317. The molecular formula is C18H22ClFN2. The fraction of sp³-hybridized carbons (Fsp3) is 0.556. The molecule has 4 heteroatoms. The maximum atomic E-state index is 13.5. The first-order chi connectivity index (χ1) is 10.7. The van der Waals surface area contributed by atoms with Crippen LogP contribution in [-0.4, -0.2) is 18.1 Å². The van der Waals surface area contributed by atoms with Gasteiger partial charge in [-0.15, -0.1) is 0 Å². The summed E-state index contributed by atoms with van der Waals surface area (Å²) in [7, 11) is 0. The van der Waals surface area contributed by atoms with Gasteiger partial charge in [0.05, 0.1) is 11.7 Å². The van der Waals surface area contributed by atoms with E-state index in [1.807, 2.05) is 6.07 Å². The van der Waals surface area contributed by atoms with Gasteiger partial charge < -0.3 is 9.80 Å². The Balaban J connectivity index is 1.73. The summed E-state index contributed by atoms with van der Waals surface area (Å²) < 4.78 is 13.5. The van der Waals surface area contributed by atoms with Gasteiger partial charge in [0.15, 0.2) is 0 Å². The van der Waals surface area contributed by atoms with Crippen LogP contribution in [0.15, 0.2) is 29.6 Å². The van der Waals surface area contributed by atoms with Crippen LogP contribution >= 0.6 is 11.6 Å². The largest absolute Gasteiger partial charge is 0.355 e. The van der Waals surface area contributed by atoms with Gasteiger partial charge in [-0.05, 0) is 50.3 Å². The molecule has 0 unspecified atom stereocenters. The number of benzene rings is 1. The molecule has 1 saturated carbocycles. The van der Waals surface area contributed by atoms with E-state index in [1.165, 1.54) is 56.7 Å². The number of hydrogen-bond donors (Lipinski definition) is 0. The van der Waals surface area contributed by atoms with Crippen molar-refractivity contribution in [1.82, 2.24) is 4.90 Å². The van der Waals surface area contributed by atoms with Crippen LogP contribution in [0.5, 0.6) is 0 Å². The van der Waals surface area contributed by atoms with Gasteiger partial charge in [-0.3, -0.25) is 0 Å². The minimum Gasteiger partial charge on any atom is -0.355 e. The zero-order valence-electron chi connectivity index (χ0n) is 12.8. The van der Waals surface area contributed by atoms with E-state index in [0.717, 1.165) is 18.9 Å². The second-order valence-corrected chi connectivity index (χ2v) is 7.11. The highest BCUT2D eigenvalue weighted by Gasteiger charge is 2.36. The number of anilines is 1. The van der Waals surface area contributed by atoms with Crippen molar-refractivity contribution in [2.75, 3.05) is 18.1 Å². The summed E-state index contributed by atoms with van der Waals surface area (Å²) in [5.74, 6) is 0.333. The van der Waals surface area contributed by atoms with E-state index in [1.54, 1.807) is 11.8 Å². The van der Waals surface area contributed by atoms with Crippen molar-refractivity contribution >= 4 is 17.3 Å². The van der Waals surface area contributed by atoms with Crippen LogP contribution in [0.1, 0.15) is 44.9 Å². The Morgan fingerprint density at radius 3 is 2.68 bits per heavy atom.